The number of rotatable bonds is 7. The highest BCUT2D eigenvalue weighted by atomic mass is 19.4. The molecule has 1 unspecified atom stereocenters. The number of ether oxygens (including phenoxy) is 1. The van der Waals surface area contributed by atoms with Crippen LogP contribution in [0.4, 0.5) is 27.6 Å². The number of halogens is 5. The van der Waals surface area contributed by atoms with Crippen LogP contribution in [0.15, 0.2) is 48.8 Å². The van der Waals surface area contributed by atoms with E-state index in [2.05, 4.69) is 25.1 Å². The summed E-state index contributed by atoms with van der Waals surface area (Å²) in [6, 6.07) is 6.63. The number of aryl methyl sites for hydroxylation is 1. The second-order valence-electron chi connectivity index (χ2n) is 10.0. The predicted molar refractivity (Wildman–Crippen MR) is 143 cm³/mol. The molecule has 5 rings (SSSR count). The van der Waals surface area contributed by atoms with Gasteiger partial charge in [0.15, 0.2) is 11.6 Å². The summed E-state index contributed by atoms with van der Waals surface area (Å²) in [5.74, 6) is -3.72. The fraction of sp³-hybridized carbons (Fsp3) is 0.321. The lowest BCUT2D eigenvalue weighted by Crippen LogP contribution is -2.44. The van der Waals surface area contributed by atoms with E-state index in [1.807, 2.05) is 0 Å². The molecule has 0 radical (unpaired) electrons. The van der Waals surface area contributed by atoms with E-state index >= 15 is 0 Å². The molecule has 3 atom stereocenters. The first-order chi connectivity index (χ1) is 20.3. The molecule has 4 aromatic rings. The summed E-state index contributed by atoms with van der Waals surface area (Å²) in [6.07, 6.45) is -4.85. The number of aliphatic hydroxyl groups is 1. The molecule has 1 aliphatic heterocycles. The third kappa shape index (κ3) is 6.40. The normalized spacial score (nSPS) is 17.7. The average molecular weight is 605 g/mol. The molecule has 1 aliphatic rings. The molecule has 3 heterocycles. The molecule has 43 heavy (non-hydrogen) atoms. The summed E-state index contributed by atoms with van der Waals surface area (Å²) in [7, 11) is 0. The molecule has 1 fully saturated rings. The molecule has 0 spiro atoms. The third-order valence-corrected chi connectivity index (χ3v) is 6.89. The highest BCUT2D eigenvalue weighted by molar-refractivity contribution is 5.98. The first-order valence-corrected chi connectivity index (χ1v) is 13.1. The standard InChI is InChI=1S/C28H25F5N6O4/c1-14(40)26-19-8-16(17-10-34-15(2)35-11-17)6-7-21(19)39(37-26)13-24(41)38-12-18(29)9-22(38)27(42)36-20-4-3-5-23(25(20)30)43-28(31,32)33/h3-8,10-11,14,18,22,40H,9,12-13H2,1-2H3,(H,36,42)/t14?,18-,22+/m1/s1. The summed E-state index contributed by atoms with van der Waals surface area (Å²) in [5, 5.41) is 17.5. The number of amides is 2. The van der Waals surface area contributed by atoms with Crippen molar-refractivity contribution in [1.82, 2.24) is 24.6 Å². The van der Waals surface area contributed by atoms with Crippen molar-refractivity contribution in [2.75, 3.05) is 11.9 Å². The second-order valence-corrected chi connectivity index (χ2v) is 10.0. The molecule has 10 nitrogen and oxygen atoms in total. The Morgan fingerprint density at radius 1 is 1.16 bits per heavy atom. The summed E-state index contributed by atoms with van der Waals surface area (Å²) in [4.78, 5) is 35.7. The summed E-state index contributed by atoms with van der Waals surface area (Å²) in [5.41, 5.74) is 1.61. The number of alkyl halides is 4. The lowest BCUT2D eigenvalue weighted by atomic mass is 10.0. The quantitative estimate of drug-likeness (QED) is 0.299. The Morgan fingerprint density at radius 3 is 2.56 bits per heavy atom. The van der Waals surface area contributed by atoms with E-state index in [9.17, 15) is 36.6 Å². The Balaban J connectivity index is 1.38. The van der Waals surface area contributed by atoms with E-state index in [0.717, 1.165) is 34.2 Å². The zero-order valence-electron chi connectivity index (χ0n) is 22.8. The van der Waals surface area contributed by atoms with Gasteiger partial charge in [0.1, 0.15) is 24.6 Å². The van der Waals surface area contributed by atoms with Crippen LogP contribution in [0.25, 0.3) is 22.0 Å². The number of anilines is 1. The molecule has 0 bridgehead atoms. The largest absolute Gasteiger partial charge is 0.573 e. The number of fused-ring (bicyclic) bond motifs is 1. The van der Waals surface area contributed by atoms with Crippen LogP contribution in [-0.4, -0.2) is 66.7 Å². The van der Waals surface area contributed by atoms with E-state index in [4.69, 9.17) is 0 Å². The van der Waals surface area contributed by atoms with Crippen LogP contribution in [0.2, 0.25) is 0 Å². The van der Waals surface area contributed by atoms with Gasteiger partial charge in [-0.2, -0.15) is 5.10 Å². The van der Waals surface area contributed by atoms with Crippen LogP contribution in [0.5, 0.6) is 5.75 Å². The molecule has 2 N–H and O–H groups in total. The maximum atomic E-state index is 14.6. The third-order valence-electron chi connectivity index (χ3n) is 6.89. The van der Waals surface area contributed by atoms with Gasteiger partial charge >= 0.3 is 6.36 Å². The van der Waals surface area contributed by atoms with Gasteiger partial charge in [-0.3, -0.25) is 14.3 Å². The Kier molecular flexibility index (Phi) is 8.01. The zero-order valence-corrected chi connectivity index (χ0v) is 22.8. The van der Waals surface area contributed by atoms with E-state index in [0.29, 0.717) is 16.7 Å². The lowest BCUT2D eigenvalue weighted by molar-refractivity contribution is -0.275. The molecular weight excluding hydrogens is 579 g/mol. The van der Waals surface area contributed by atoms with Gasteiger partial charge in [-0.1, -0.05) is 12.1 Å². The lowest BCUT2D eigenvalue weighted by Gasteiger charge is -2.24. The molecule has 2 amide bonds. The number of carbonyl (C=O) groups excluding carboxylic acids is 2. The Bertz CT molecular complexity index is 1670. The minimum absolute atomic E-state index is 0.285. The number of hydrogen-bond acceptors (Lipinski definition) is 7. The van der Waals surface area contributed by atoms with Crippen LogP contribution in [0.1, 0.15) is 31.0 Å². The fourth-order valence-electron chi connectivity index (χ4n) is 4.91. The van der Waals surface area contributed by atoms with E-state index in [1.165, 1.54) is 11.6 Å². The van der Waals surface area contributed by atoms with Crippen molar-refractivity contribution in [3.05, 3.63) is 66.1 Å². The Morgan fingerprint density at radius 2 is 1.88 bits per heavy atom. The van der Waals surface area contributed by atoms with Crippen LogP contribution in [0.3, 0.4) is 0 Å². The first kappa shape index (κ1) is 29.8. The van der Waals surface area contributed by atoms with E-state index < -0.39 is 73.3 Å². The fourth-order valence-corrected chi connectivity index (χ4v) is 4.91. The molecule has 2 aromatic heterocycles. The highest BCUT2D eigenvalue weighted by Gasteiger charge is 2.40. The number of likely N-dealkylation sites (tertiary alicyclic amines) is 1. The minimum atomic E-state index is -5.17. The minimum Gasteiger partial charge on any atom is -0.403 e. The molecule has 0 saturated carbocycles. The van der Waals surface area contributed by atoms with Gasteiger partial charge in [0.25, 0.3) is 0 Å². The summed E-state index contributed by atoms with van der Waals surface area (Å²) < 4.78 is 71.8. The first-order valence-electron chi connectivity index (χ1n) is 13.1. The number of carbonyl (C=O) groups is 2. The Hall–Kier alpha value is -4.66. The molecule has 0 aliphatic carbocycles. The number of aliphatic hydroxyl groups excluding tert-OH is 1. The zero-order chi connectivity index (χ0) is 31.1. The number of nitrogens with one attached hydrogen (secondary N) is 1. The van der Waals surface area contributed by atoms with Crippen molar-refractivity contribution in [1.29, 1.82) is 0 Å². The predicted octanol–water partition coefficient (Wildman–Crippen LogP) is 4.47. The van der Waals surface area contributed by atoms with Crippen molar-refractivity contribution in [2.24, 2.45) is 0 Å². The van der Waals surface area contributed by atoms with Crippen molar-refractivity contribution < 1.29 is 41.4 Å². The van der Waals surface area contributed by atoms with Crippen molar-refractivity contribution >= 4 is 28.4 Å². The van der Waals surface area contributed by atoms with E-state index in [-0.39, 0.29) is 5.69 Å². The molecule has 2 aromatic carbocycles. The SMILES string of the molecule is Cc1ncc(-c2ccc3c(c2)c(C(C)O)nn3CC(=O)N2C[C@H](F)C[C@H]2C(=O)Nc2cccc(OC(F)(F)F)c2F)cn1. The molecule has 226 valence electrons. The highest BCUT2D eigenvalue weighted by Crippen LogP contribution is 2.32. The van der Waals surface area contributed by atoms with Gasteiger partial charge in [-0.05, 0) is 43.7 Å². The Labute approximate surface area is 241 Å². The summed E-state index contributed by atoms with van der Waals surface area (Å²) in [6.45, 7) is 2.41. The smallest absolute Gasteiger partial charge is 0.403 e. The van der Waals surface area contributed by atoms with Gasteiger partial charge < -0.3 is 20.1 Å². The number of aromatic nitrogens is 4. The number of benzene rings is 2. The number of nitrogens with zero attached hydrogens (tertiary/aromatic N) is 5. The molecule has 1 saturated heterocycles. The van der Waals surface area contributed by atoms with Crippen LogP contribution >= 0.6 is 0 Å². The monoisotopic (exact) mass is 604 g/mol. The number of hydrogen-bond donors (Lipinski definition) is 2. The van der Waals surface area contributed by atoms with Gasteiger partial charge in [0.2, 0.25) is 11.8 Å². The second kappa shape index (κ2) is 11.6. The van der Waals surface area contributed by atoms with Gasteiger partial charge in [0, 0.05) is 29.8 Å². The summed E-state index contributed by atoms with van der Waals surface area (Å²) >= 11 is 0. The van der Waals surface area contributed by atoms with Gasteiger partial charge in [-0.15, -0.1) is 13.2 Å². The van der Waals surface area contributed by atoms with Crippen molar-refractivity contribution in [2.45, 2.75) is 51.5 Å². The van der Waals surface area contributed by atoms with Gasteiger partial charge in [0.05, 0.1) is 29.5 Å². The molecular formula is C28H25F5N6O4. The van der Waals surface area contributed by atoms with Crippen molar-refractivity contribution in [3.8, 4) is 16.9 Å². The molecule has 15 heteroatoms. The van der Waals surface area contributed by atoms with E-state index in [1.54, 1.807) is 37.5 Å². The maximum absolute atomic E-state index is 14.6. The van der Waals surface area contributed by atoms with Crippen LogP contribution < -0.4 is 10.1 Å². The van der Waals surface area contributed by atoms with Crippen molar-refractivity contribution in [3.63, 3.8) is 0 Å². The van der Waals surface area contributed by atoms with Gasteiger partial charge in [-0.25, -0.2) is 18.7 Å². The van der Waals surface area contributed by atoms with Crippen LogP contribution in [0, 0.1) is 12.7 Å². The average Bonchev–Trinajstić information content (AvgIpc) is 3.51. The van der Waals surface area contributed by atoms with Crippen LogP contribution in [-0.2, 0) is 16.1 Å². The maximum Gasteiger partial charge on any atom is 0.573 e. The topological polar surface area (TPSA) is 122 Å².